The van der Waals surface area contributed by atoms with Crippen molar-refractivity contribution in [2.45, 2.75) is 0 Å². The normalized spacial score (nSPS) is 9.62. The highest BCUT2D eigenvalue weighted by Gasteiger charge is 2.09. The van der Waals surface area contributed by atoms with Gasteiger partial charge in [-0.25, -0.2) is 10.3 Å². The number of hydroxylamine groups is 1. The Morgan fingerprint density at radius 2 is 2.25 bits per heavy atom. The van der Waals surface area contributed by atoms with Gasteiger partial charge in [-0.3, -0.25) is 0 Å². The molecule has 0 aliphatic carbocycles. The van der Waals surface area contributed by atoms with E-state index in [0.717, 1.165) is 11.5 Å². The molecule has 0 unspecified atom stereocenters. The number of nitrogens with one attached hydrogen (secondary N) is 1. The third-order valence-corrected chi connectivity index (χ3v) is 2.48. The zero-order valence-electron chi connectivity index (χ0n) is 8.80. The zero-order chi connectivity index (χ0) is 12.0. The van der Waals surface area contributed by atoms with Crippen LogP contribution in [0.3, 0.4) is 0 Å². The number of carboxylic acids is 1. The van der Waals surface area contributed by atoms with Crippen LogP contribution in [0.25, 0.3) is 10.2 Å². The van der Waals surface area contributed by atoms with Gasteiger partial charge in [-0.1, -0.05) is 10.6 Å². The highest BCUT2D eigenvalue weighted by Crippen LogP contribution is 2.19. The van der Waals surface area contributed by atoms with Crippen LogP contribution in [0.15, 0.2) is 18.2 Å². The van der Waals surface area contributed by atoms with Crippen LogP contribution in [-0.4, -0.2) is 34.8 Å². The minimum Gasteiger partial charge on any atom is -0.478 e. The van der Waals surface area contributed by atoms with Crippen LogP contribution >= 0.6 is 11.5 Å². The fourth-order valence-corrected chi connectivity index (χ4v) is 1.64. The predicted molar refractivity (Wildman–Crippen MR) is 60.4 cm³/mol. The molecule has 0 saturated heterocycles. The number of rotatable bonds is 2. The van der Waals surface area contributed by atoms with Gasteiger partial charge in [0, 0.05) is 7.05 Å². The van der Waals surface area contributed by atoms with Crippen molar-refractivity contribution in [2.24, 2.45) is 0 Å². The van der Waals surface area contributed by atoms with Crippen LogP contribution < -0.4 is 5.48 Å². The molecule has 2 aromatic rings. The first kappa shape index (κ1) is 12.5. The quantitative estimate of drug-likeness (QED) is 0.767. The van der Waals surface area contributed by atoms with E-state index < -0.39 is 5.97 Å². The van der Waals surface area contributed by atoms with Crippen molar-refractivity contribution in [2.75, 3.05) is 14.2 Å². The Morgan fingerprint density at radius 1 is 1.56 bits per heavy atom. The van der Waals surface area contributed by atoms with Crippen LogP contribution in [-0.2, 0) is 4.84 Å². The molecule has 0 atom stereocenters. The third-order valence-electron chi connectivity index (χ3n) is 1.71. The highest BCUT2D eigenvalue weighted by molar-refractivity contribution is 7.13. The second kappa shape index (κ2) is 6.11. The van der Waals surface area contributed by atoms with Gasteiger partial charge in [0.25, 0.3) is 0 Å². The summed E-state index contributed by atoms with van der Waals surface area (Å²) < 4.78 is 4.30. The molecule has 0 amide bonds. The van der Waals surface area contributed by atoms with E-state index in [1.54, 1.807) is 32.4 Å². The predicted octanol–water partition coefficient (Wildman–Crippen LogP) is 1.16. The topological polar surface area (TPSA) is 84.3 Å². The monoisotopic (exact) mass is 241 g/mol. The summed E-state index contributed by atoms with van der Waals surface area (Å²) >= 11 is 1.10. The lowest BCUT2D eigenvalue weighted by Gasteiger charge is -1.92. The van der Waals surface area contributed by atoms with Crippen molar-refractivity contribution >= 4 is 27.7 Å². The van der Waals surface area contributed by atoms with Gasteiger partial charge in [-0.15, -0.1) is 5.10 Å². The van der Waals surface area contributed by atoms with Gasteiger partial charge in [0.1, 0.15) is 5.52 Å². The van der Waals surface area contributed by atoms with Gasteiger partial charge >= 0.3 is 5.97 Å². The van der Waals surface area contributed by atoms with Gasteiger partial charge in [-0.05, 0) is 23.7 Å². The number of hydrogen-bond donors (Lipinski definition) is 2. The molecule has 86 valence electrons. The molecule has 0 spiro atoms. The first-order valence-corrected chi connectivity index (χ1v) is 5.12. The summed E-state index contributed by atoms with van der Waals surface area (Å²) in [5, 5.41) is 12.5. The van der Waals surface area contributed by atoms with Gasteiger partial charge in [-0.2, -0.15) is 0 Å². The fraction of sp³-hybridized carbons (Fsp3) is 0.222. The minimum atomic E-state index is -0.938. The average Bonchev–Trinajstić information content (AvgIpc) is 2.76. The number of carboxylic acid groups (broad SMARTS) is 1. The molecule has 0 radical (unpaired) electrons. The van der Waals surface area contributed by atoms with Gasteiger partial charge < -0.3 is 9.94 Å². The zero-order valence-corrected chi connectivity index (χ0v) is 9.61. The molecule has 0 saturated carbocycles. The molecule has 0 aliphatic heterocycles. The standard InChI is InChI=1S/C7H4N2O2S.C2H7NO/c10-7(11)4-2-1-3-5-6(4)12-9-8-5;1-3-4-2/h1-3H,(H,10,11);3H,1-2H3. The van der Waals surface area contributed by atoms with E-state index in [4.69, 9.17) is 5.11 Å². The largest absolute Gasteiger partial charge is 0.478 e. The molecule has 0 fully saturated rings. The maximum atomic E-state index is 10.7. The number of hydrogen-bond acceptors (Lipinski definition) is 6. The fourth-order valence-electron chi connectivity index (χ4n) is 0.973. The van der Waals surface area contributed by atoms with Crippen LogP contribution in [0, 0.1) is 0 Å². The summed E-state index contributed by atoms with van der Waals surface area (Å²) in [6.45, 7) is 0. The van der Waals surface area contributed by atoms with E-state index in [0.29, 0.717) is 10.2 Å². The summed E-state index contributed by atoms with van der Waals surface area (Å²) in [4.78, 5) is 15.0. The molecular weight excluding hydrogens is 230 g/mol. The number of aromatic carboxylic acids is 1. The van der Waals surface area contributed by atoms with Crippen molar-refractivity contribution in [3.8, 4) is 0 Å². The lowest BCUT2D eigenvalue weighted by molar-refractivity contribution is 0.0699. The Morgan fingerprint density at radius 3 is 2.81 bits per heavy atom. The summed E-state index contributed by atoms with van der Waals surface area (Å²) in [5.41, 5.74) is 3.34. The number of fused-ring (bicyclic) bond motifs is 1. The summed E-state index contributed by atoms with van der Waals surface area (Å²) in [6, 6.07) is 4.95. The Kier molecular flexibility index (Phi) is 4.77. The third kappa shape index (κ3) is 2.96. The van der Waals surface area contributed by atoms with E-state index in [9.17, 15) is 4.79 Å². The molecule has 7 heteroatoms. The number of nitrogens with zero attached hydrogens (tertiary/aromatic N) is 2. The molecule has 1 heterocycles. The van der Waals surface area contributed by atoms with E-state index in [1.165, 1.54) is 0 Å². The van der Waals surface area contributed by atoms with Crippen LogP contribution in [0.2, 0.25) is 0 Å². The van der Waals surface area contributed by atoms with E-state index in [1.807, 2.05) is 0 Å². The summed E-state index contributed by atoms with van der Waals surface area (Å²) in [7, 11) is 3.28. The van der Waals surface area contributed by atoms with Crippen LogP contribution in [0.1, 0.15) is 10.4 Å². The molecule has 6 nitrogen and oxygen atoms in total. The smallest absolute Gasteiger partial charge is 0.337 e. The average molecular weight is 241 g/mol. The molecule has 1 aromatic carbocycles. The van der Waals surface area contributed by atoms with Gasteiger partial charge in [0.2, 0.25) is 0 Å². The number of aromatic nitrogens is 2. The first-order chi connectivity index (χ1) is 7.70. The van der Waals surface area contributed by atoms with Crippen molar-refractivity contribution < 1.29 is 14.7 Å². The molecule has 0 bridgehead atoms. The van der Waals surface area contributed by atoms with E-state index >= 15 is 0 Å². The molecular formula is C9H11N3O3S. The Labute approximate surface area is 96.0 Å². The van der Waals surface area contributed by atoms with Gasteiger partial charge in [0.15, 0.2) is 0 Å². The Hall–Kier alpha value is -1.57. The van der Waals surface area contributed by atoms with Crippen LogP contribution in [0.4, 0.5) is 0 Å². The second-order valence-electron chi connectivity index (χ2n) is 2.64. The van der Waals surface area contributed by atoms with Crippen molar-refractivity contribution in [3.05, 3.63) is 23.8 Å². The number of carbonyl (C=O) groups is 1. The van der Waals surface area contributed by atoms with Crippen molar-refractivity contribution in [1.82, 2.24) is 15.1 Å². The molecule has 2 rings (SSSR count). The van der Waals surface area contributed by atoms with E-state index in [2.05, 4.69) is 19.9 Å². The Bertz CT molecular complexity index is 470. The number of benzene rings is 1. The molecule has 2 N–H and O–H groups in total. The van der Waals surface area contributed by atoms with E-state index in [-0.39, 0.29) is 5.56 Å². The summed E-state index contributed by atoms with van der Waals surface area (Å²) in [6.07, 6.45) is 0. The highest BCUT2D eigenvalue weighted by atomic mass is 32.1. The molecule has 1 aromatic heterocycles. The Balaban J connectivity index is 0.000000280. The molecule has 0 aliphatic rings. The summed E-state index contributed by atoms with van der Waals surface area (Å²) in [5.74, 6) is -0.938. The SMILES string of the molecule is CNOC.O=C(O)c1cccc2nnsc12. The maximum Gasteiger partial charge on any atom is 0.337 e. The van der Waals surface area contributed by atoms with Gasteiger partial charge in [0.05, 0.1) is 17.4 Å². The maximum absolute atomic E-state index is 10.7. The lowest BCUT2D eigenvalue weighted by atomic mass is 10.2. The lowest BCUT2D eigenvalue weighted by Crippen LogP contribution is -2.00. The molecule has 16 heavy (non-hydrogen) atoms. The second-order valence-corrected chi connectivity index (χ2v) is 3.39. The minimum absolute atomic E-state index is 0.266. The van der Waals surface area contributed by atoms with Crippen LogP contribution in [0.5, 0.6) is 0 Å². The van der Waals surface area contributed by atoms with Crippen molar-refractivity contribution in [1.29, 1.82) is 0 Å². The van der Waals surface area contributed by atoms with Crippen molar-refractivity contribution in [3.63, 3.8) is 0 Å². The first-order valence-electron chi connectivity index (χ1n) is 4.34.